The average molecular weight is 1010 g/mol. The van der Waals surface area contributed by atoms with Crippen LogP contribution in [0.4, 0.5) is 0 Å². The predicted octanol–water partition coefficient (Wildman–Crippen LogP) is -0.0250. The molecule has 0 aromatic rings. The highest BCUT2D eigenvalue weighted by Crippen LogP contribution is 1.96. The number of unbranched alkanes of at least 4 members (excludes halogenated alkanes) is 1. The van der Waals surface area contributed by atoms with Gasteiger partial charge in [-0.1, -0.05) is 27.2 Å². The molecule has 17 nitrogen and oxygen atoms in total. The number of nitrogens with zero attached hydrogens (tertiary/aromatic N) is 2. The predicted molar refractivity (Wildman–Crippen MR) is 294 cm³/mol. The van der Waals surface area contributed by atoms with Gasteiger partial charge in [0.05, 0.1) is 0 Å². The first-order valence-corrected chi connectivity index (χ1v) is 24.2. The molecule has 0 unspecified atom stereocenters. The van der Waals surface area contributed by atoms with Gasteiger partial charge in [-0.3, -0.25) is 0 Å². The van der Waals surface area contributed by atoms with Gasteiger partial charge in [0.1, 0.15) is 0 Å². The van der Waals surface area contributed by atoms with Crippen LogP contribution in [0.5, 0.6) is 0 Å². The Hall–Kier alpha value is -2.52. The maximum Gasteiger partial charge on any atom is 0.168 e. The van der Waals surface area contributed by atoms with E-state index < -0.39 is 0 Å². The second-order valence-corrected chi connectivity index (χ2v) is 15.9. The number of thiocarbonyl (C=S) groups is 8. The van der Waals surface area contributed by atoms with E-state index in [-0.39, 0.29) is 0 Å². The summed E-state index contributed by atoms with van der Waals surface area (Å²) in [6, 6.07) is 0. The summed E-state index contributed by atoms with van der Waals surface area (Å²) in [5, 5.41) is 48.6. The quantitative estimate of drug-likeness (QED) is 0.0407. The Kier molecular flexibility index (Phi) is 48.3. The standard InChI is InChI=1S/C15H32N6S3.C14H30N8S4.C7H17N3S/c1-3-7-16-13(22)18-9-5-11-20-15(24)21-12-6-10-19-14(23)17-8-4-2;1-15-11(23)19-5-7-21(13(25)17-3)9-10-22(14(26)18-4)8-6-20-12(24)16-2;1-2-3-5-9-7(11)10-6-4-8/h3-12H2,1-2H3,(H2,16,18,22)(H2,17,19,23)(H2,20,21,24);5-10H2,1-4H3,(H,17,25)(H,18,26)(H2,15,19,23)(H2,16,20,24);2-6,8H2,1H3,(H2,9,10,11). The molecular weight excluding hydrogens is 927 g/mol. The van der Waals surface area contributed by atoms with E-state index in [0.717, 1.165) is 121 Å². The molecule has 0 atom stereocenters. The first kappa shape index (κ1) is 62.8. The number of rotatable bonds is 26. The maximum absolute atomic E-state index is 5.40. The van der Waals surface area contributed by atoms with Crippen molar-refractivity contribution in [1.82, 2.24) is 84.2 Å². The van der Waals surface area contributed by atoms with Gasteiger partial charge in [0.2, 0.25) is 0 Å². The fraction of sp³-hybridized carbons (Fsp3) is 0.778. The van der Waals surface area contributed by atoms with Crippen molar-refractivity contribution >= 4 is 139 Å². The van der Waals surface area contributed by atoms with Crippen molar-refractivity contribution in [3.8, 4) is 0 Å². The summed E-state index contributed by atoms with van der Waals surface area (Å²) >= 11 is 41.5. The summed E-state index contributed by atoms with van der Waals surface area (Å²) in [5.41, 5.74) is 5.28. The van der Waals surface area contributed by atoms with E-state index >= 15 is 0 Å². The molecule has 0 aliphatic heterocycles. The minimum Gasteiger partial charge on any atom is -0.366 e. The Morgan fingerprint density at radius 2 is 0.639 bits per heavy atom. The summed E-state index contributed by atoms with van der Waals surface area (Å²) in [6.45, 7) is 18.1. The Morgan fingerprint density at radius 1 is 0.344 bits per heavy atom. The molecule has 0 fully saturated rings. The molecule has 0 bridgehead atoms. The van der Waals surface area contributed by atoms with Crippen molar-refractivity contribution in [3.63, 3.8) is 0 Å². The van der Waals surface area contributed by atoms with Crippen LogP contribution < -0.4 is 80.2 Å². The van der Waals surface area contributed by atoms with Crippen LogP contribution in [0.2, 0.25) is 0 Å². The molecule has 0 aromatic heterocycles. The van der Waals surface area contributed by atoms with Crippen LogP contribution in [-0.4, -0.2) is 177 Å². The molecule has 0 saturated heterocycles. The minimum atomic E-state index is 0.616. The van der Waals surface area contributed by atoms with Crippen LogP contribution in [0.25, 0.3) is 0 Å². The summed E-state index contributed by atoms with van der Waals surface area (Å²) in [6.07, 6.45) is 6.39. The second kappa shape index (κ2) is 47.0. The van der Waals surface area contributed by atoms with Gasteiger partial charge >= 0.3 is 0 Å². The lowest BCUT2D eigenvalue weighted by atomic mass is 10.3. The van der Waals surface area contributed by atoms with Crippen molar-refractivity contribution in [2.75, 3.05) is 126 Å². The Morgan fingerprint density at radius 3 is 0.918 bits per heavy atom. The Balaban J connectivity index is -0.000000891. The molecule has 16 N–H and O–H groups in total. The van der Waals surface area contributed by atoms with Crippen LogP contribution in [0.1, 0.15) is 59.3 Å². The van der Waals surface area contributed by atoms with Gasteiger partial charge in [-0.15, -0.1) is 0 Å². The number of hydrogen-bond acceptors (Lipinski definition) is 9. The third-order valence-electron chi connectivity index (χ3n) is 7.60. The Bertz CT molecular complexity index is 1130. The molecule has 0 rings (SSSR count). The molecule has 25 heteroatoms. The van der Waals surface area contributed by atoms with E-state index in [2.05, 4.69) is 105 Å². The number of nitrogens with two attached hydrogens (primary N) is 1. The molecule has 0 spiro atoms. The van der Waals surface area contributed by atoms with Crippen molar-refractivity contribution in [3.05, 3.63) is 0 Å². The molecule has 0 saturated carbocycles. The molecule has 61 heavy (non-hydrogen) atoms. The molecule has 0 radical (unpaired) electrons. The lowest BCUT2D eigenvalue weighted by molar-refractivity contribution is 0.338. The maximum atomic E-state index is 5.40. The molecule has 0 heterocycles. The molecule has 0 amide bonds. The number of nitrogens with one attached hydrogen (secondary N) is 14. The molecular formula is C36H79N17S8. The van der Waals surface area contributed by atoms with Crippen LogP contribution >= 0.6 is 97.7 Å². The molecule has 356 valence electrons. The monoisotopic (exact) mass is 1010 g/mol. The summed E-state index contributed by atoms with van der Waals surface area (Å²) in [5.74, 6) is 0. The van der Waals surface area contributed by atoms with Gasteiger partial charge in [0.15, 0.2) is 40.9 Å². The zero-order valence-electron chi connectivity index (χ0n) is 37.6. The number of hydrogen-bond donors (Lipinski definition) is 15. The van der Waals surface area contributed by atoms with Gasteiger partial charge < -0.3 is 90.0 Å². The lowest BCUT2D eigenvalue weighted by Gasteiger charge is -2.30. The van der Waals surface area contributed by atoms with Gasteiger partial charge in [0, 0.05) is 126 Å². The van der Waals surface area contributed by atoms with Crippen LogP contribution in [-0.2, 0) is 0 Å². The van der Waals surface area contributed by atoms with Gasteiger partial charge in [-0.25, -0.2) is 0 Å². The molecule has 0 aliphatic carbocycles. The van der Waals surface area contributed by atoms with E-state index in [9.17, 15) is 0 Å². The SMILES string of the molecule is CCCCNC(=S)NCCN.CCCNC(=S)NCCCNC(=S)NCCCNC(=S)NCCC.CNC(=S)NCCN(CCN(CCNC(=S)NC)C(=S)NC)C(=S)NC. The van der Waals surface area contributed by atoms with Gasteiger partial charge in [-0.05, 0) is 130 Å². The normalized spacial score (nSPS) is 9.57. The summed E-state index contributed by atoms with van der Waals surface area (Å²) in [4.78, 5) is 4.16. The highest BCUT2D eigenvalue weighted by Gasteiger charge is 2.13. The minimum absolute atomic E-state index is 0.616. The highest BCUT2D eigenvalue weighted by atomic mass is 32.1. The summed E-state index contributed by atoms with van der Waals surface area (Å²) in [7, 11) is 7.21. The van der Waals surface area contributed by atoms with Gasteiger partial charge in [-0.2, -0.15) is 0 Å². The van der Waals surface area contributed by atoms with E-state index in [4.69, 9.17) is 103 Å². The van der Waals surface area contributed by atoms with E-state index in [1.165, 1.54) is 6.42 Å². The van der Waals surface area contributed by atoms with Crippen LogP contribution in [0.15, 0.2) is 0 Å². The van der Waals surface area contributed by atoms with Crippen molar-refractivity contribution in [1.29, 1.82) is 0 Å². The summed E-state index contributed by atoms with van der Waals surface area (Å²) < 4.78 is 0. The first-order chi connectivity index (χ1) is 29.3. The van der Waals surface area contributed by atoms with Crippen molar-refractivity contribution in [2.45, 2.75) is 59.3 Å². The van der Waals surface area contributed by atoms with Crippen molar-refractivity contribution < 1.29 is 0 Å². The molecule has 0 aliphatic rings. The first-order valence-electron chi connectivity index (χ1n) is 20.9. The van der Waals surface area contributed by atoms with E-state index in [0.29, 0.717) is 50.3 Å². The van der Waals surface area contributed by atoms with E-state index in [1.807, 2.05) is 14.1 Å². The average Bonchev–Trinajstić information content (AvgIpc) is 3.26. The third-order valence-corrected chi connectivity index (χ3v) is 10.4. The van der Waals surface area contributed by atoms with Crippen LogP contribution in [0.3, 0.4) is 0 Å². The topological polar surface area (TPSA) is 201 Å². The van der Waals surface area contributed by atoms with Gasteiger partial charge in [0.25, 0.3) is 0 Å². The second-order valence-electron chi connectivity index (χ2n) is 12.7. The Labute approximate surface area is 411 Å². The lowest BCUT2D eigenvalue weighted by Crippen LogP contribution is -2.50. The molecule has 0 aromatic carbocycles. The van der Waals surface area contributed by atoms with Crippen LogP contribution in [0, 0.1) is 0 Å². The zero-order valence-corrected chi connectivity index (χ0v) is 44.1. The smallest absolute Gasteiger partial charge is 0.168 e. The third kappa shape index (κ3) is 43.9. The fourth-order valence-corrected chi connectivity index (χ4v) is 5.63. The van der Waals surface area contributed by atoms with E-state index in [1.54, 1.807) is 14.1 Å². The zero-order chi connectivity index (χ0) is 46.5. The largest absolute Gasteiger partial charge is 0.366 e. The fourth-order valence-electron chi connectivity index (χ4n) is 4.25. The van der Waals surface area contributed by atoms with Crippen molar-refractivity contribution in [2.24, 2.45) is 5.73 Å². The highest BCUT2D eigenvalue weighted by molar-refractivity contribution is 7.81.